The molecule has 2 fully saturated rings. The van der Waals surface area contributed by atoms with Crippen molar-refractivity contribution in [1.82, 2.24) is 24.4 Å². The van der Waals surface area contributed by atoms with Crippen molar-refractivity contribution in [3.8, 4) is 11.6 Å². The van der Waals surface area contributed by atoms with Crippen LogP contribution in [0.4, 0.5) is 8.78 Å². The molecule has 0 saturated carbocycles. The topological polar surface area (TPSA) is 112 Å². The third kappa shape index (κ3) is 6.04. The van der Waals surface area contributed by atoms with Crippen LogP contribution in [0.15, 0.2) is 48.7 Å². The minimum absolute atomic E-state index is 0.00126. The van der Waals surface area contributed by atoms with Crippen LogP contribution < -0.4 is 9.47 Å². The minimum atomic E-state index is -0.966. The van der Waals surface area contributed by atoms with Gasteiger partial charge in [-0.15, -0.1) is 0 Å². The Labute approximate surface area is 240 Å². The molecule has 2 aromatic heterocycles. The molecule has 4 heterocycles. The van der Waals surface area contributed by atoms with Gasteiger partial charge in [-0.3, -0.25) is 4.90 Å². The summed E-state index contributed by atoms with van der Waals surface area (Å²) in [5.41, 5.74) is 1.80. The number of benzene rings is 2. The number of ether oxygens (including phenoxy) is 3. The molecule has 220 valence electrons. The fourth-order valence-corrected chi connectivity index (χ4v) is 5.38. The molecule has 1 N–H and O–H groups in total. The molecule has 2 aromatic carbocycles. The third-order valence-electron chi connectivity index (χ3n) is 7.82. The van der Waals surface area contributed by atoms with Crippen LogP contribution in [0.5, 0.6) is 11.6 Å². The summed E-state index contributed by atoms with van der Waals surface area (Å²) in [6, 6.07) is 9.83. The SMILES string of the molecule is CC(c1nc2ccc(C(=O)O)cc2n1C[C@@H]1CCO1)N1CCC(Oc2ccnc(COc3ccc(F)cc3F)n2)CC1. The van der Waals surface area contributed by atoms with Crippen LogP contribution in [0.2, 0.25) is 0 Å². The van der Waals surface area contributed by atoms with Gasteiger partial charge in [-0.1, -0.05) is 0 Å². The molecule has 12 heteroatoms. The average molecular weight is 580 g/mol. The minimum Gasteiger partial charge on any atom is -0.483 e. The van der Waals surface area contributed by atoms with Gasteiger partial charge in [0.2, 0.25) is 5.88 Å². The van der Waals surface area contributed by atoms with Gasteiger partial charge in [-0.2, -0.15) is 4.98 Å². The van der Waals surface area contributed by atoms with E-state index in [-0.39, 0.29) is 36.2 Å². The Balaban J connectivity index is 1.09. The zero-order valence-corrected chi connectivity index (χ0v) is 23.1. The average Bonchev–Trinajstić information content (AvgIpc) is 3.32. The van der Waals surface area contributed by atoms with E-state index in [2.05, 4.69) is 26.4 Å². The number of carboxylic acid groups (broad SMARTS) is 1. The van der Waals surface area contributed by atoms with Gasteiger partial charge in [0.1, 0.15) is 24.4 Å². The van der Waals surface area contributed by atoms with Crippen molar-refractivity contribution >= 4 is 17.0 Å². The van der Waals surface area contributed by atoms with E-state index in [1.807, 2.05) is 0 Å². The highest BCUT2D eigenvalue weighted by Crippen LogP contribution is 2.30. The fraction of sp³-hybridized carbons (Fsp3) is 0.400. The molecule has 0 amide bonds. The van der Waals surface area contributed by atoms with Crippen molar-refractivity contribution in [2.75, 3.05) is 19.7 Å². The van der Waals surface area contributed by atoms with Crippen LogP contribution in [-0.4, -0.2) is 67.4 Å². The van der Waals surface area contributed by atoms with Gasteiger partial charge < -0.3 is 23.9 Å². The monoisotopic (exact) mass is 579 g/mol. The quantitative estimate of drug-likeness (QED) is 0.284. The molecule has 0 bridgehead atoms. The van der Waals surface area contributed by atoms with Gasteiger partial charge in [-0.05, 0) is 56.5 Å². The number of likely N-dealkylation sites (tertiary alicyclic amines) is 1. The number of hydrogen-bond acceptors (Lipinski definition) is 8. The van der Waals surface area contributed by atoms with Gasteiger partial charge in [0.25, 0.3) is 0 Å². The molecule has 0 radical (unpaired) electrons. The molecule has 42 heavy (non-hydrogen) atoms. The van der Waals surface area contributed by atoms with E-state index in [0.717, 1.165) is 67.9 Å². The van der Waals surface area contributed by atoms with Gasteiger partial charge in [0.15, 0.2) is 17.4 Å². The number of halogens is 2. The first-order valence-electron chi connectivity index (χ1n) is 14.0. The van der Waals surface area contributed by atoms with E-state index in [4.69, 9.17) is 19.2 Å². The Kier molecular flexibility index (Phi) is 7.98. The van der Waals surface area contributed by atoms with Gasteiger partial charge >= 0.3 is 5.97 Å². The predicted octanol–water partition coefficient (Wildman–Crippen LogP) is 4.78. The van der Waals surface area contributed by atoms with Crippen LogP contribution in [0.25, 0.3) is 11.0 Å². The molecule has 2 aliphatic rings. The summed E-state index contributed by atoms with van der Waals surface area (Å²) in [6.07, 6.45) is 4.12. The first kappa shape index (κ1) is 28.0. The normalized spacial score (nSPS) is 18.5. The highest BCUT2D eigenvalue weighted by atomic mass is 19.1. The van der Waals surface area contributed by atoms with E-state index in [9.17, 15) is 18.7 Å². The van der Waals surface area contributed by atoms with Crippen LogP contribution in [0, 0.1) is 11.6 Å². The number of nitrogens with zero attached hydrogens (tertiary/aromatic N) is 5. The Morgan fingerprint density at radius 2 is 1.93 bits per heavy atom. The second-order valence-electron chi connectivity index (χ2n) is 10.6. The molecule has 2 atom stereocenters. The maximum atomic E-state index is 13.9. The number of hydrogen-bond donors (Lipinski definition) is 1. The predicted molar refractivity (Wildman–Crippen MR) is 147 cm³/mol. The summed E-state index contributed by atoms with van der Waals surface area (Å²) < 4.78 is 46.4. The zero-order valence-electron chi connectivity index (χ0n) is 23.1. The van der Waals surface area contributed by atoms with Crippen molar-refractivity contribution in [3.05, 3.63) is 77.5 Å². The molecule has 2 saturated heterocycles. The maximum Gasteiger partial charge on any atom is 0.335 e. The second-order valence-corrected chi connectivity index (χ2v) is 10.6. The van der Waals surface area contributed by atoms with E-state index in [0.29, 0.717) is 18.2 Å². The van der Waals surface area contributed by atoms with E-state index >= 15 is 0 Å². The van der Waals surface area contributed by atoms with Gasteiger partial charge in [0.05, 0.1) is 35.3 Å². The van der Waals surface area contributed by atoms with Crippen LogP contribution in [0.1, 0.15) is 54.2 Å². The molecule has 10 nitrogen and oxygen atoms in total. The number of aromatic nitrogens is 4. The summed E-state index contributed by atoms with van der Waals surface area (Å²) in [5.74, 6) is -0.895. The number of fused-ring (bicyclic) bond motifs is 1. The third-order valence-corrected chi connectivity index (χ3v) is 7.82. The smallest absolute Gasteiger partial charge is 0.335 e. The summed E-state index contributed by atoms with van der Waals surface area (Å²) in [7, 11) is 0. The maximum absolute atomic E-state index is 13.9. The number of piperidine rings is 1. The number of aromatic carboxylic acids is 1. The lowest BCUT2D eigenvalue weighted by atomic mass is 10.1. The van der Waals surface area contributed by atoms with E-state index in [1.165, 1.54) is 6.07 Å². The highest BCUT2D eigenvalue weighted by molar-refractivity contribution is 5.92. The Morgan fingerprint density at radius 3 is 2.64 bits per heavy atom. The molecule has 1 unspecified atom stereocenters. The second kappa shape index (κ2) is 12.0. The number of carboxylic acids is 1. The Hall–Kier alpha value is -4.16. The van der Waals surface area contributed by atoms with Crippen LogP contribution in [-0.2, 0) is 17.9 Å². The summed E-state index contributed by atoms with van der Waals surface area (Å²) in [6.45, 7) is 4.96. The van der Waals surface area contributed by atoms with Crippen molar-refractivity contribution < 1.29 is 32.9 Å². The standard InChI is InChI=1S/C30H31F2N5O5/c1-18(29-34-24-4-2-19(30(38)39)14-25(24)37(29)16-22-9-13-40-22)36-11-7-21(8-12-36)42-28-6-10-33-27(35-28)17-41-26-5-3-20(31)15-23(26)32/h2-6,10,14-15,18,21-22H,7-9,11-13,16-17H2,1H3,(H,38,39)/t18?,22-/m0/s1. The van der Waals surface area contributed by atoms with Crippen molar-refractivity contribution in [2.24, 2.45) is 0 Å². The first-order chi connectivity index (χ1) is 20.3. The molecule has 0 spiro atoms. The van der Waals surface area contributed by atoms with E-state index < -0.39 is 17.6 Å². The van der Waals surface area contributed by atoms with E-state index in [1.54, 1.807) is 30.5 Å². The van der Waals surface area contributed by atoms with Crippen molar-refractivity contribution in [1.29, 1.82) is 0 Å². The van der Waals surface area contributed by atoms with Gasteiger partial charge in [-0.25, -0.2) is 23.5 Å². The molecule has 2 aliphatic heterocycles. The lowest BCUT2D eigenvalue weighted by Gasteiger charge is -2.36. The molecular formula is C30H31F2N5O5. The first-order valence-corrected chi connectivity index (χ1v) is 14.0. The van der Waals surface area contributed by atoms with Crippen LogP contribution in [0.3, 0.4) is 0 Å². The number of imidazole rings is 1. The molecular weight excluding hydrogens is 548 g/mol. The molecule has 4 aromatic rings. The Morgan fingerprint density at radius 1 is 1.12 bits per heavy atom. The molecule has 0 aliphatic carbocycles. The highest BCUT2D eigenvalue weighted by Gasteiger charge is 2.30. The van der Waals surface area contributed by atoms with Crippen LogP contribution >= 0.6 is 0 Å². The lowest BCUT2D eigenvalue weighted by Crippen LogP contribution is -2.41. The summed E-state index contributed by atoms with van der Waals surface area (Å²) >= 11 is 0. The largest absolute Gasteiger partial charge is 0.483 e. The van der Waals surface area contributed by atoms with Crippen molar-refractivity contribution in [2.45, 2.75) is 57.6 Å². The fourth-order valence-electron chi connectivity index (χ4n) is 5.38. The Bertz CT molecular complexity index is 1590. The lowest BCUT2D eigenvalue weighted by molar-refractivity contribution is -0.0595. The zero-order chi connectivity index (χ0) is 29.2. The summed E-state index contributed by atoms with van der Waals surface area (Å²) in [5, 5.41) is 9.52. The van der Waals surface area contributed by atoms with Crippen molar-refractivity contribution in [3.63, 3.8) is 0 Å². The number of carbonyl (C=O) groups is 1. The summed E-state index contributed by atoms with van der Waals surface area (Å²) in [4.78, 5) is 27.4. The van der Waals surface area contributed by atoms with Gasteiger partial charge in [0, 0.05) is 38.0 Å². The number of rotatable bonds is 10. The molecule has 6 rings (SSSR count).